The third-order valence-corrected chi connectivity index (χ3v) is 3.92. The summed E-state index contributed by atoms with van der Waals surface area (Å²) in [6.07, 6.45) is 1.96. The Morgan fingerprint density at radius 1 is 1.32 bits per heavy atom. The molecular formula is C12H20BrN3O2S. The highest BCUT2D eigenvalue weighted by atomic mass is 79.9. The Labute approximate surface area is 123 Å². The summed E-state index contributed by atoms with van der Waals surface area (Å²) < 4.78 is 23.6. The summed E-state index contributed by atoms with van der Waals surface area (Å²) >= 11 is 3.49. The number of nitrogens with zero attached hydrogens (tertiary/aromatic N) is 2. The summed E-state index contributed by atoms with van der Waals surface area (Å²) in [6, 6.07) is 0. The summed E-state index contributed by atoms with van der Waals surface area (Å²) in [4.78, 5) is 8.63. The van der Waals surface area contributed by atoms with Crippen molar-refractivity contribution >= 4 is 31.6 Å². The largest absolute Gasteiger partial charge is 0.369 e. The fourth-order valence-corrected chi connectivity index (χ4v) is 2.73. The van der Waals surface area contributed by atoms with Crippen LogP contribution >= 0.6 is 15.9 Å². The van der Waals surface area contributed by atoms with E-state index in [0.717, 1.165) is 23.1 Å². The van der Waals surface area contributed by atoms with Crippen LogP contribution in [0.25, 0.3) is 0 Å². The average molecular weight is 350 g/mol. The molecule has 7 heteroatoms. The van der Waals surface area contributed by atoms with Gasteiger partial charge in [0.1, 0.15) is 17.4 Å². The molecule has 0 aliphatic heterocycles. The van der Waals surface area contributed by atoms with Crippen molar-refractivity contribution in [3.05, 3.63) is 16.0 Å². The number of aromatic nitrogens is 2. The number of sulfone groups is 1. The third kappa shape index (κ3) is 5.44. The van der Waals surface area contributed by atoms with Gasteiger partial charge in [-0.3, -0.25) is 0 Å². The molecule has 5 nitrogen and oxygen atoms in total. The van der Waals surface area contributed by atoms with Crippen LogP contribution in [0.2, 0.25) is 0 Å². The van der Waals surface area contributed by atoms with Gasteiger partial charge in [-0.15, -0.1) is 0 Å². The minimum atomic E-state index is -3.14. The summed E-state index contributed by atoms with van der Waals surface area (Å²) in [5.74, 6) is 1.31. The first-order valence-corrected chi connectivity index (χ1v) is 9.05. The van der Waals surface area contributed by atoms with Crippen molar-refractivity contribution in [2.24, 2.45) is 5.92 Å². The second kappa shape index (κ2) is 6.65. The summed E-state index contributed by atoms with van der Waals surface area (Å²) in [5, 5.41) is 3.12. The molecular weight excluding hydrogens is 330 g/mol. The van der Waals surface area contributed by atoms with Crippen molar-refractivity contribution in [2.75, 3.05) is 18.1 Å². The SMILES string of the molecule is CCNc1nc(CS(C)(=O)=O)nc(CC(C)C)c1Br. The molecule has 0 unspecified atom stereocenters. The van der Waals surface area contributed by atoms with Crippen LogP contribution < -0.4 is 5.32 Å². The maximum Gasteiger partial charge on any atom is 0.154 e. The number of rotatable bonds is 6. The summed E-state index contributed by atoms with van der Waals surface area (Å²) in [7, 11) is -3.14. The lowest BCUT2D eigenvalue weighted by Crippen LogP contribution is -2.12. The molecule has 1 N–H and O–H groups in total. The zero-order valence-corrected chi connectivity index (χ0v) is 14.1. The second-order valence-corrected chi connectivity index (χ2v) is 7.88. The fourth-order valence-electron chi connectivity index (χ4n) is 1.65. The molecule has 0 aromatic carbocycles. The van der Waals surface area contributed by atoms with E-state index >= 15 is 0 Å². The molecule has 0 radical (unpaired) electrons. The van der Waals surface area contributed by atoms with Crippen LogP contribution in [-0.4, -0.2) is 31.2 Å². The molecule has 0 aliphatic carbocycles. The molecule has 1 aromatic heterocycles. The molecule has 19 heavy (non-hydrogen) atoms. The number of hydrogen-bond donors (Lipinski definition) is 1. The standard InChI is InChI=1S/C12H20BrN3O2S/c1-5-14-12-11(13)9(6-8(2)3)15-10(16-12)7-19(4,17)18/h8H,5-7H2,1-4H3,(H,14,15,16). The highest BCUT2D eigenvalue weighted by molar-refractivity contribution is 9.10. The molecule has 0 saturated carbocycles. The molecule has 0 amide bonds. The van der Waals surface area contributed by atoms with Crippen molar-refractivity contribution < 1.29 is 8.42 Å². The lowest BCUT2D eigenvalue weighted by Gasteiger charge is -2.13. The molecule has 0 saturated heterocycles. The van der Waals surface area contributed by atoms with Gasteiger partial charge < -0.3 is 5.32 Å². The first-order valence-electron chi connectivity index (χ1n) is 6.19. The number of nitrogens with one attached hydrogen (secondary N) is 1. The van der Waals surface area contributed by atoms with Gasteiger partial charge in [-0.2, -0.15) is 0 Å². The molecule has 108 valence electrons. The number of anilines is 1. The number of hydrogen-bond acceptors (Lipinski definition) is 5. The Morgan fingerprint density at radius 3 is 2.42 bits per heavy atom. The fraction of sp³-hybridized carbons (Fsp3) is 0.667. The minimum absolute atomic E-state index is 0.135. The van der Waals surface area contributed by atoms with Crippen LogP contribution in [0.3, 0.4) is 0 Å². The van der Waals surface area contributed by atoms with E-state index in [2.05, 4.69) is 45.1 Å². The van der Waals surface area contributed by atoms with Crippen molar-refractivity contribution in [1.82, 2.24) is 9.97 Å². The van der Waals surface area contributed by atoms with Gasteiger partial charge in [0.2, 0.25) is 0 Å². The predicted molar refractivity (Wildman–Crippen MR) is 81.0 cm³/mol. The van der Waals surface area contributed by atoms with Gasteiger partial charge >= 0.3 is 0 Å². The lowest BCUT2D eigenvalue weighted by molar-refractivity contribution is 0.598. The monoisotopic (exact) mass is 349 g/mol. The van der Waals surface area contributed by atoms with Crippen LogP contribution in [0.15, 0.2) is 4.47 Å². The summed E-state index contributed by atoms with van der Waals surface area (Å²) in [5.41, 5.74) is 0.847. The van der Waals surface area contributed by atoms with E-state index in [1.165, 1.54) is 6.26 Å². The smallest absolute Gasteiger partial charge is 0.154 e. The van der Waals surface area contributed by atoms with Crippen molar-refractivity contribution in [2.45, 2.75) is 32.9 Å². The average Bonchev–Trinajstić information content (AvgIpc) is 2.22. The second-order valence-electron chi connectivity index (χ2n) is 4.95. The highest BCUT2D eigenvalue weighted by Gasteiger charge is 2.15. The van der Waals surface area contributed by atoms with E-state index in [-0.39, 0.29) is 5.75 Å². The van der Waals surface area contributed by atoms with Gasteiger partial charge in [-0.1, -0.05) is 13.8 Å². The molecule has 0 spiro atoms. The Kier molecular flexibility index (Phi) is 5.73. The van der Waals surface area contributed by atoms with E-state index < -0.39 is 9.84 Å². The Balaban J connectivity index is 3.22. The maximum atomic E-state index is 11.4. The Morgan fingerprint density at radius 2 is 1.95 bits per heavy atom. The molecule has 1 heterocycles. The molecule has 0 atom stereocenters. The maximum absolute atomic E-state index is 11.4. The quantitative estimate of drug-likeness (QED) is 0.853. The van der Waals surface area contributed by atoms with E-state index in [9.17, 15) is 8.42 Å². The Hall–Kier alpha value is -0.690. The van der Waals surface area contributed by atoms with Crippen molar-refractivity contribution in [3.63, 3.8) is 0 Å². The van der Waals surface area contributed by atoms with Crippen molar-refractivity contribution in [3.8, 4) is 0 Å². The minimum Gasteiger partial charge on any atom is -0.369 e. The van der Waals surface area contributed by atoms with E-state index in [4.69, 9.17) is 0 Å². The zero-order chi connectivity index (χ0) is 14.6. The third-order valence-electron chi connectivity index (χ3n) is 2.30. The van der Waals surface area contributed by atoms with Gasteiger partial charge in [0, 0.05) is 12.8 Å². The van der Waals surface area contributed by atoms with Gasteiger partial charge in [0.05, 0.1) is 10.2 Å². The van der Waals surface area contributed by atoms with Crippen LogP contribution in [-0.2, 0) is 22.0 Å². The van der Waals surface area contributed by atoms with Gasteiger partial charge in [0.25, 0.3) is 0 Å². The normalized spacial score (nSPS) is 11.9. The first-order chi connectivity index (χ1) is 8.73. The molecule has 1 rings (SSSR count). The van der Waals surface area contributed by atoms with Gasteiger partial charge in [-0.25, -0.2) is 18.4 Å². The van der Waals surface area contributed by atoms with Gasteiger partial charge in [0.15, 0.2) is 9.84 Å². The van der Waals surface area contributed by atoms with Crippen LogP contribution in [0.5, 0.6) is 0 Å². The van der Waals surface area contributed by atoms with Gasteiger partial charge in [-0.05, 0) is 35.2 Å². The zero-order valence-electron chi connectivity index (χ0n) is 11.7. The van der Waals surface area contributed by atoms with Crippen molar-refractivity contribution in [1.29, 1.82) is 0 Å². The lowest BCUT2D eigenvalue weighted by atomic mass is 10.1. The predicted octanol–water partition coefficient (Wildman–Crippen LogP) is 2.41. The topological polar surface area (TPSA) is 72.0 Å². The van der Waals surface area contributed by atoms with Crippen LogP contribution in [0.1, 0.15) is 32.3 Å². The highest BCUT2D eigenvalue weighted by Crippen LogP contribution is 2.26. The van der Waals surface area contributed by atoms with E-state index in [0.29, 0.717) is 17.6 Å². The van der Waals surface area contributed by atoms with E-state index in [1.54, 1.807) is 0 Å². The molecule has 1 aromatic rings. The van der Waals surface area contributed by atoms with Crippen LogP contribution in [0.4, 0.5) is 5.82 Å². The van der Waals surface area contributed by atoms with E-state index in [1.807, 2.05) is 6.92 Å². The molecule has 0 aliphatic rings. The van der Waals surface area contributed by atoms with Crippen LogP contribution in [0, 0.1) is 5.92 Å². The number of halogens is 1. The molecule has 0 bridgehead atoms. The first kappa shape index (κ1) is 16.4. The Bertz CT molecular complexity index is 544. The molecule has 0 fully saturated rings. The summed E-state index contributed by atoms with van der Waals surface area (Å²) in [6.45, 7) is 6.87.